The van der Waals surface area contributed by atoms with E-state index >= 15 is 0 Å². The molecule has 0 radical (unpaired) electrons. The maximum absolute atomic E-state index is 12.3. The molecule has 3 aromatic rings. The number of halogens is 2. The van der Waals surface area contributed by atoms with Gasteiger partial charge in [-0.05, 0) is 61.0 Å². The number of aliphatic imine (C=N–C) groups is 1. The summed E-state index contributed by atoms with van der Waals surface area (Å²) in [7, 11) is 0. The van der Waals surface area contributed by atoms with Crippen LogP contribution in [0, 0.1) is 0 Å². The second kappa shape index (κ2) is 9.90. The van der Waals surface area contributed by atoms with Crippen molar-refractivity contribution in [1.82, 2.24) is 0 Å². The normalized spacial score (nSPS) is 14.3. The highest BCUT2D eigenvalue weighted by atomic mass is 35.5. The number of carbonyl (C=O) groups is 1. The summed E-state index contributed by atoms with van der Waals surface area (Å²) in [5.41, 5.74) is 2.47. The number of benzene rings is 3. The lowest BCUT2D eigenvalue weighted by Crippen LogP contribution is -2.05. The van der Waals surface area contributed by atoms with Crippen LogP contribution in [0.3, 0.4) is 0 Å². The first-order chi connectivity index (χ1) is 15.5. The minimum absolute atomic E-state index is 0.196. The van der Waals surface area contributed by atoms with Gasteiger partial charge in [-0.3, -0.25) is 0 Å². The molecular weight excluding hydrogens is 449 g/mol. The Morgan fingerprint density at radius 2 is 1.75 bits per heavy atom. The zero-order valence-corrected chi connectivity index (χ0v) is 18.7. The second-order valence-corrected chi connectivity index (χ2v) is 7.71. The summed E-state index contributed by atoms with van der Waals surface area (Å²) >= 11 is 12.1. The Labute approximate surface area is 195 Å². The van der Waals surface area contributed by atoms with Crippen LogP contribution in [0.2, 0.25) is 10.0 Å². The number of hydrogen-bond donors (Lipinski definition) is 0. The summed E-state index contributed by atoms with van der Waals surface area (Å²) in [6, 6.07) is 19.8. The minimum Gasteiger partial charge on any atom is -0.490 e. The molecule has 0 aliphatic carbocycles. The van der Waals surface area contributed by atoms with E-state index in [1.807, 2.05) is 37.3 Å². The maximum atomic E-state index is 12.3. The van der Waals surface area contributed by atoms with Crippen molar-refractivity contribution in [3.63, 3.8) is 0 Å². The number of hydrogen-bond acceptors (Lipinski definition) is 5. The Balaban J connectivity index is 1.56. The van der Waals surface area contributed by atoms with E-state index in [4.69, 9.17) is 37.4 Å². The fourth-order valence-corrected chi connectivity index (χ4v) is 3.37. The number of nitrogens with zero attached hydrogens (tertiary/aromatic N) is 1. The highest BCUT2D eigenvalue weighted by molar-refractivity contribution is 6.31. The van der Waals surface area contributed by atoms with E-state index in [9.17, 15) is 4.79 Å². The van der Waals surface area contributed by atoms with Crippen LogP contribution in [0.25, 0.3) is 6.08 Å². The van der Waals surface area contributed by atoms with Gasteiger partial charge >= 0.3 is 5.97 Å². The van der Waals surface area contributed by atoms with Gasteiger partial charge in [-0.25, -0.2) is 9.79 Å². The van der Waals surface area contributed by atoms with E-state index in [0.29, 0.717) is 40.3 Å². The smallest absolute Gasteiger partial charge is 0.363 e. The monoisotopic (exact) mass is 467 g/mol. The van der Waals surface area contributed by atoms with Crippen LogP contribution in [0.1, 0.15) is 23.6 Å². The predicted octanol–water partition coefficient (Wildman–Crippen LogP) is 6.32. The minimum atomic E-state index is -0.521. The molecule has 3 aromatic carbocycles. The topological polar surface area (TPSA) is 57.1 Å². The summed E-state index contributed by atoms with van der Waals surface area (Å²) in [5, 5.41) is 1.23. The van der Waals surface area contributed by atoms with Gasteiger partial charge in [-0.1, -0.05) is 47.5 Å². The number of cyclic esters (lactones) is 1. The summed E-state index contributed by atoms with van der Waals surface area (Å²) in [6.45, 7) is 2.66. The van der Waals surface area contributed by atoms with Crippen LogP contribution in [-0.2, 0) is 16.1 Å². The zero-order valence-electron chi connectivity index (χ0n) is 17.2. The lowest BCUT2D eigenvalue weighted by atomic mass is 10.1. The van der Waals surface area contributed by atoms with Gasteiger partial charge in [-0.2, -0.15) is 0 Å². The fourth-order valence-electron chi connectivity index (χ4n) is 3.06. The Morgan fingerprint density at radius 1 is 0.969 bits per heavy atom. The van der Waals surface area contributed by atoms with E-state index in [1.165, 1.54) is 0 Å². The average Bonchev–Trinajstić information content (AvgIpc) is 3.15. The Morgan fingerprint density at radius 3 is 2.50 bits per heavy atom. The zero-order chi connectivity index (χ0) is 22.5. The van der Waals surface area contributed by atoms with Crippen LogP contribution in [0.5, 0.6) is 11.5 Å². The Bertz CT molecular complexity index is 1200. The van der Waals surface area contributed by atoms with E-state index in [1.54, 1.807) is 42.5 Å². The molecule has 0 aromatic heterocycles. The second-order valence-electron chi connectivity index (χ2n) is 6.86. The Kier molecular flexibility index (Phi) is 6.78. The lowest BCUT2D eigenvalue weighted by Gasteiger charge is -2.13. The largest absolute Gasteiger partial charge is 0.490 e. The van der Waals surface area contributed by atoms with Crippen molar-refractivity contribution in [3.8, 4) is 11.5 Å². The SMILES string of the molecule is CCOc1cc(/C=C2\N=C(c3ccc(Cl)cc3)OC2=O)ccc1OCc1ccccc1Cl. The van der Waals surface area contributed by atoms with E-state index in [0.717, 1.165) is 11.1 Å². The molecule has 0 fully saturated rings. The molecule has 0 amide bonds. The van der Waals surface area contributed by atoms with E-state index < -0.39 is 5.97 Å². The number of esters is 1. The average molecular weight is 468 g/mol. The molecule has 5 nitrogen and oxygen atoms in total. The molecule has 0 atom stereocenters. The molecule has 1 aliphatic rings. The van der Waals surface area contributed by atoms with Gasteiger partial charge in [0.1, 0.15) is 6.61 Å². The van der Waals surface area contributed by atoms with Crippen molar-refractivity contribution < 1.29 is 19.0 Å². The van der Waals surface area contributed by atoms with Gasteiger partial charge in [0, 0.05) is 21.2 Å². The van der Waals surface area contributed by atoms with Gasteiger partial charge < -0.3 is 14.2 Å². The van der Waals surface area contributed by atoms with Gasteiger partial charge in [0.2, 0.25) is 5.90 Å². The third kappa shape index (κ3) is 5.13. The number of ether oxygens (including phenoxy) is 3. The summed E-state index contributed by atoms with van der Waals surface area (Å²) in [5.74, 6) is 0.852. The molecule has 0 N–H and O–H groups in total. The van der Waals surface area contributed by atoms with Crippen LogP contribution in [0.15, 0.2) is 77.4 Å². The van der Waals surface area contributed by atoms with Crippen molar-refractivity contribution in [2.24, 2.45) is 4.99 Å². The molecule has 1 aliphatic heterocycles. The standard InChI is InChI=1S/C25H19Cl2NO4/c1-2-30-23-14-16(7-12-22(23)31-15-18-5-3-4-6-20(18)27)13-21-25(29)32-24(28-21)17-8-10-19(26)11-9-17/h3-14H,2,15H2,1H3/b21-13-. The molecule has 0 spiro atoms. The molecule has 32 heavy (non-hydrogen) atoms. The highest BCUT2D eigenvalue weighted by Crippen LogP contribution is 2.31. The molecular formula is C25H19Cl2NO4. The quantitative estimate of drug-likeness (QED) is 0.301. The van der Waals surface area contributed by atoms with Gasteiger partial charge in [0.15, 0.2) is 17.2 Å². The van der Waals surface area contributed by atoms with Crippen LogP contribution in [0.4, 0.5) is 0 Å². The molecule has 0 saturated carbocycles. The third-order valence-electron chi connectivity index (χ3n) is 4.62. The van der Waals surface area contributed by atoms with Gasteiger partial charge in [0.05, 0.1) is 6.61 Å². The van der Waals surface area contributed by atoms with Crippen molar-refractivity contribution in [3.05, 3.63) is 99.2 Å². The van der Waals surface area contributed by atoms with Crippen molar-refractivity contribution in [2.45, 2.75) is 13.5 Å². The summed E-state index contributed by atoms with van der Waals surface area (Å²) < 4.78 is 17.0. The van der Waals surface area contributed by atoms with Crippen molar-refractivity contribution in [1.29, 1.82) is 0 Å². The van der Waals surface area contributed by atoms with Crippen LogP contribution < -0.4 is 9.47 Å². The molecule has 7 heteroatoms. The molecule has 0 unspecified atom stereocenters. The number of carbonyl (C=O) groups excluding carboxylic acids is 1. The molecule has 0 bridgehead atoms. The Hall–Kier alpha value is -3.28. The summed E-state index contributed by atoms with van der Waals surface area (Å²) in [6.07, 6.45) is 1.64. The molecule has 4 rings (SSSR count). The van der Waals surface area contributed by atoms with Crippen molar-refractivity contribution in [2.75, 3.05) is 6.61 Å². The molecule has 1 heterocycles. The predicted molar refractivity (Wildman–Crippen MR) is 125 cm³/mol. The van der Waals surface area contributed by atoms with Gasteiger partial charge in [-0.15, -0.1) is 0 Å². The number of rotatable bonds is 7. The van der Waals surface area contributed by atoms with Crippen LogP contribution >= 0.6 is 23.2 Å². The van der Waals surface area contributed by atoms with E-state index in [-0.39, 0.29) is 11.6 Å². The highest BCUT2D eigenvalue weighted by Gasteiger charge is 2.24. The first-order valence-corrected chi connectivity index (χ1v) is 10.7. The van der Waals surface area contributed by atoms with E-state index in [2.05, 4.69) is 4.99 Å². The van der Waals surface area contributed by atoms with Gasteiger partial charge in [0.25, 0.3) is 0 Å². The third-order valence-corrected chi connectivity index (χ3v) is 5.24. The first kappa shape index (κ1) is 21.9. The molecule has 0 saturated heterocycles. The first-order valence-electron chi connectivity index (χ1n) is 9.95. The fraction of sp³-hybridized carbons (Fsp3) is 0.120. The van der Waals surface area contributed by atoms with Crippen LogP contribution in [-0.4, -0.2) is 18.5 Å². The summed E-state index contributed by atoms with van der Waals surface area (Å²) in [4.78, 5) is 16.6. The lowest BCUT2D eigenvalue weighted by molar-refractivity contribution is -0.129. The maximum Gasteiger partial charge on any atom is 0.363 e. The van der Waals surface area contributed by atoms with Crippen molar-refractivity contribution >= 4 is 41.1 Å². The molecule has 162 valence electrons.